The smallest absolute Gasteiger partial charge is 0.222 e. The number of imidazole rings is 1. The fourth-order valence-electron chi connectivity index (χ4n) is 3.38. The summed E-state index contributed by atoms with van der Waals surface area (Å²) in [5, 5.41) is 22.2. The van der Waals surface area contributed by atoms with Gasteiger partial charge < -0.3 is 11.1 Å². The van der Waals surface area contributed by atoms with Crippen LogP contribution in [0, 0.1) is 35.4 Å². The van der Waals surface area contributed by atoms with Gasteiger partial charge in [0.05, 0.1) is 22.8 Å². The number of nitrogen functional groups attached to an aromatic ring is 1. The highest BCUT2D eigenvalue weighted by atomic mass is 19.1. The van der Waals surface area contributed by atoms with Gasteiger partial charge in [-0.1, -0.05) is 6.07 Å². The second kappa shape index (κ2) is 7.69. The van der Waals surface area contributed by atoms with E-state index in [0.29, 0.717) is 28.4 Å². The van der Waals surface area contributed by atoms with Crippen LogP contribution in [0.15, 0.2) is 36.5 Å². The van der Waals surface area contributed by atoms with Crippen LogP contribution in [0.5, 0.6) is 0 Å². The first-order valence-corrected chi connectivity index (χ1v) is 9.27. The average Bonchev–Trinajstić information content (AvgIpc) is 3.14. The van der Waals surface area contributed by atoms with Gasteiger partial charge in [0.25, 0.3) is 0 Å². The van der Waals surface area contributed by atoms with Crippen LogP contribution in [0.4, 0.5) is 16.2 Å². The van der Waals surface area contributed by atoms with E-state index < -0.39 is 11.9 Å². The number of nitrogens with zero attached hydrogens (tertiary/aromatic N) is 7. The van der Waals surface area contributed by atoms with Crippen molar-refractivity contribution in [1.82, 2.24) is 24.5 Å². The molecule has 0 aliphatic heterocycles. The van der Waals surface area contributed by atoms with Crippen molar-refractivity contribution < 1.29 is 4.39 Å². The summed E-state index contributed by atoms with van der Waals surface area (Å²) in [5.74, 6) is 0.555. The Balaban J connectivity index is 1.93. The zero-order chi connectivity index (χ0) is 22.1. The van der Waals surface area contributed by atoms with Gasteiger partial charge in [0.1, 0.15) is 46.5 Å². The van der Waals surface area contributed by atoms with Crippen molar-refractivity contribution in [2.75, 3.05) is 11.1 Å². The number of benzene rings is 1. The highest BCUT2D eigenvalue weighted by Gasteiger charge is 2.24. The molecule has 0 bridgehead atoms. The molecule has 4 rings (SSSR count). The van der Waals surface area contributed by atoms with Crippen LogP contribution in [0.1, 0.15) is 35.6 Å². The molecule has 9 nitrogen and oxygen atoms in total. The summed E-state index contributed by atoms with van der Waals surface area (Å²) in [7, 11) is 0. The maximum absolute atomic E-state index is 14.4. The van der Waals surface area contributed by atoms with Crippen LogP contribution in [-0.2, 0) is 0 Å². The zero-order valence-corrected chi connectivity index (χ0v) is 16.6. The van der Waals surface area contributed by atoms with E-state index in [1.165, 1.54) is 12.1 Å². The molecule has 3 aromatic heterocycles. The number of pyridine rings is 1. The number of nitrogens with two attached hydrogens (primary N) is 1. The van der Waals surface area contributed by atoms with Crippen molar-refractivity contribution in [1.29, 1.82) is 10.5 Å². The molecular weight excluding hydrogens is 397 g/mol. The van der Waals surface area contributed by atoms with Gasteiger partial charge in [0.2, 0.25) is 5.95 Å². The third kappa shape index (κ3) is 3.36. The SMILES string of the molecule is Cc1nc(N)nc(N[C@@H](C)c2nc3ccc(F)c(C#N)c3n2-c2ccccn2)c1C#N. The van der Waals surface area contributed by atoms with Crippen LogP contribution in [0.25, 0.3) is 16.9 Å². The van der Waals surface area contributed by atoms with Gasteiger partial charge in [-0.25, -0.2) is 19.3 Å². The topological polar surface area (TPSA) is 142 Å². The quantitative estimate of drug-likeness (QED) is 0.519. The molecule has 3 heterocycles. The molecule has 0 saturated carbocycles. The number of aromatic nitrogens is 5. The normalized spacial score (nSPS) is 11.6. The molecule has 152 valence electrons. The predicted octanol–water partition coefficient (Wildman–Crippen LogP) is 3.16. The number of halogens is 1. The highest BCUT2D eigenvalue weighted by Crippen LogP contribution is 2.30. The Morgan fingerprint density at radius 3 is 2.55 bits per heavy atom. The van der Waals surface area contributed by atoms with Gasteiger partial charge in [-0.2, -0.15) is 15.5 Å². The van der Waals surface area contributed by atoms with E-state index in [9.17, 15) is 14.9 Å². The number of anilines is 2. The molecule has 3 N–H and O–H groups in total. The summed E-state index contributed by atoms with van der Waals surface area (Å²) < 4.78 is 16.0. The van der Waals surface area contributed by atoms with E-state index in [4.69, 9.17) is 5.73 Å². The van der Waals surface area contributed by atoms with E-state index in [2.05, 4.69) is 31.3 Å². The number of hydrogen-bond acceptors (Lipinski definition) is 8. The zero-order valence-electron chi connectivity index (χ0n) is 16.6. The molecule has 0 aliphatic carbocycles. The average molecular weight is 413 g/mol. The van der Waals surface area contributed by atoms with E-state index in [1.54, 1.807) is 42.8 Å². The van der Waals surface area contributed by atoms with Crippen molar-refractivity contribution in [3.8, 4) is 18.0 Å². The van der Waals surface area contributed by atoms with E-state index in [0.717, 1.165) is 0 Å². The lowest BCUT2D eigenvalue weighted by Gasteiger charge is -2.18. The third-order valence-corrected chi connectivity index (χ3v) is 4.74. The van der Waals surface area contributed by atoms with Gasteiger partial charge in [0, 0.05) is 6.20 Å². The van der Waals surface area contributed by atoms with Gasteiger partial charge in [0.15, 0.2) is 0 Å². The van der Waals surface area contributed by atoms with E-state index in [-0.39, 0.29) is 22.9 Å². The van der Waals surface area contributed by atoms with Gasteiger partial charge in [-0.05, 0) is 38.1 Å². The summed E-state index contributed by atoms with van der Waals surface area (Å²) in [6.07, 6.45) is 1.59. The number of rotatable bonds is 4. The molecule has 0 aliphatic rings. The first kappa shape index (κ1) is 19.7. The van der Waals surface area contributed by atoms with Crippen LogP contribution in [0.3, 0.4) is 0 Å². The number of fused-ring (bicyclic) bond motifs is 1. The molecule has 1 aromatic carbocycles. The van der Waals surface area contributed by atoms with Crippen molar-refractivity contribution in [3.05, 3.63) is 65.0 Å². The highest BCUT2D eigenvalue weighted by molar-refractivity contribution is 5.84. The first-order valence-electron chi connectivity index (χ1n) is 9.27. The summed E-state index contributed by atoms with van der Waals surface area (Å²) in [5.41, 5.74) is 7.07. The minimum atomic E-state index is -0.648. The summed E-state index contributed by atoms with van der Waals surface area (Å²) in [6, 6.07) is 11.5. The van der Waals surface area contributed by atoms with Crippen molar-refractivity contribution in [2.24, 2.45) is 0 Å². The van der Waals surface area contributed by atoms with Crippen molar-refractivity contribution in [3.63, 3.8) is 0 Å². The number of nitriles is 2. The summed E-state index contributed by atoms with van der Waals surface area (Å²) in [4.78, 5) is 17.1. The molecular formula is C21H16FN9. The molecule has 0 amide bonds. The largest absolute Gasteiger partial charge is 0.368 e. The number of hydrogen-bond donors (Lipinski definition) is 2. The predicted molar refractivity (Wildman–Crippen MR) is 111 cm³/mol. The Morgan fingerprint density at radius 1 is 1.10 bits per heavy atom. The monoisotopic (exact) mass is 413 g/mol. The second-order valence-corrected chi connectivity index (χ2v) is 6.76. The van der Waals surface area contributed by atoms with Crippen LogP contribution in [-0.4, -0.2) is 24.5 Å². The Morgan fingerprint density at radius 2 is 1.87 bits per heavy atom. The molecule has 31 heavy (non-hydrogen) atoms. The second-order valence-electron chi connectivity index (χ2n) is 6.76. The Hall–Kier alpha value is -4.57. The van der Waals surface area contributed by atoms with Gasteiger partial charge in [-0.15, -0.1) is 0 Å². The first-order chi connectivity index (χ1) is 14.9. The van der Waals surface area contributed by atoms with Crippen molar-refractivity contribution in [2.45, 2.75) is 19.9 Å². The third-order valence-electron chi connectivity index (χ3n) is 4.74. The molecule has 0 saturated heterocycles. The molecule has 0 unspecified atom stereocenters. The fraction of sp³-hybridized carbons (Fsp3) is 0.143. The summed E-state index contributed by atoms with van der Waals surface area (Å²) in [6.45, 7) is 3.47. The van der Waals surface area contributed by atoms with Gasteiger partial charge in [-0.3, -0.25) is 4.57 Å². The van der Waals surface area contributed by atoms with Gasteiger partial charge >= 0.3 is 0 Å². The van der Waals surface area contributed by atoms with Crippen molar-refractivity contribution >= 4 is 22.8 Å². The Labute approximate surface area is 176 Å². The van der Waals surface area contributed by atoms with Crippen LogP contribution < -0.4 is 11.1 Å². The molecule has 0 radical (unpaired) electrons. The number of aryl methyl sites for hydroxylation is 1. The van der Waals surface area contributed by atoms with Crippen LogP contribution >= 0.6 is 0 Å². The molecule has 10 heteroatoms. The van der Waals surface area contributed by atoms with E-state index >= 15 is 0 Å². The standard InChI is InChI=1S/C21H16FN9/c1-11-13(9-23)19(30-21(25)28-11)27-12(2)20-29-16-7-6-15(22)14(10-24)18(16)31(20)17-5-3-4-8-26-17/h3-8,12H,1-2H3,(H3,25,27,28,30)/t12-/m0/s1. The Bertz CT molecular complexity index is 1380. The molecule has 0 fully saturated rings. The maximum atomic E-state index is 14.4. The minimum Gasteiger partial charge on any atom is -0.368 e. The number of nitrogens with one attached hydrogen (secondary N) is 1. The molecule has 0 spiro atoms. The lowest BCUT2D eigenvalue weighted by Crippen LogP contribution is -2.16. The van der Waals surface area contributed by atoms with Crippen LogP contribution in [0.2, 0.25) is 0 Å². The summed E-state index contributed by atoms with van der Waals surface area (Å²) >= 11 is 0. The maximum Gasteiger partial charge on any atom is 0.222 e. The molecule has 1 atom stereocenters. The Kier molecular flexibility index (Phi) is 4.89. The minimum absolute atomic E-state index is 0.0262. The lowest BCUT2D eigenvalue weighted by molar-refractivity contribution is 0.625. The molecule has 4 aromatic rings. The van der Waals surface area contributed by atoms with E-state index in [1.807, 2.05) is 6.07 Å². The lowest BCUT2D eigenvalue weighted by atomic mass is 10.2. The fourth-order valence-corrected chi connectivity index (χ4v) is 3.38.